The summed E-state index contributed by atoms with van der Waals surface area (Å²) in [7, 11) is 2.15. The van der Waals surface area contributed by atoms with Crippen molar-refractivity contribution in [3.8, 4) is 5.88 Å². The van der Waals surface area contributed by atoms with Crippen LogP contribution in [0.1, 0.15) is 18.5 Å². The Morgan fingerprint density at radius 1 is 1.30 bits per heavy atom. The third-order valence-corrected chi connectivity index (χ3v) is 3.91. The van der Waals surface area contributed by atoms with Crippen LogP contribution in [0.25, 0.3) is 10.8 Å². The molecule has 1 aliphatic heterocycles. The van der Waals surface area contributed by atoms with Crippen LogP contribution >= 0.6 is 0 Å². The van der Waals surface area contributed by atoms with Crippen LogP contribution in [-0.4, -0.2) is 36.1 Å². The summed E-state index contributed by atoms with van der Waals surface area (Å²) in [5.74, 6) is 0.734. The number of fused-ring (bicyclic) bond motifs is 1. The molecule has 3 rings (SSSR count). The number of aromatic nitrogens is 1. The van der Waals surface area contributed by atoms with Crippen LogP contribution in [-0.2, 0) is 6.54 Å². The van der Waals surface area contributed by atoms with Crippen LogP contribution < -0.4 is 10.5 Å². The molecule has 0 radical (unpaired) electrons. The van der Waals surface area contributed by atoms with Gasteiger partial charge in [0.2, 0.25) is 5.88 Å². The van der Waals surface area contributed by atoms with Gasteiger partial charge in [-0.3, -0.25) is 0 Å². The summed E-state index contributed by atoms with van der Waals surface area (Å²) in [6.07, 6.45) is 2.37. The first kappa shape index (κ1) is 13.3. The second kappa shape index (κ2) is 5.77. The van der Waals surface area contributed by atoms with Crippen molar-refractivity contribution in [1.82, 2.24) is 9.88 Å². The van der Waals surface area contributed by atoms with E-state index in [0.29, 0.717) is 6.54 Å². The molecule has 0 unspecified atom stereocenters. The maximum atomic E-state index is 6.17. The molecule has 1 aliphatic rings. The van der Waals surface area contributed by atoms with Crippen molar-refractivity contribution in [3.05, 3.63) is 36.0 Å². The molecule has 0 aliphatic carbocycles. The van der Waals surface area contributed by atoms with E-state index in [1.54, 1.807) is 0 Å². The molecule has 2 N–H and O–H groups in total. The Morgan fingerprint density at radius 3 is 2.80 bits per heavy atom. The molecule has 0 bridgehead atoms. The number of rotatable bonds is 3. The molecule has 0 spiro atoms. The topological polar surface area (TPSA) is 51.4 Å². The lowest BCUT2D eigenvalue weighted by atomic mass is 10.1. The molecular formula is C16H21N3O. The summed E-state index contributed by atoms with van der Waals surface area (Å²) in [5.41, 5.74) is 6.62. The molecule has 0 atom stereocenters. The molecule has 2 heterocycles. The van der Waals surface area contributed by atoms with E-state index < -0.39 is 0 Å². The average molecular weight is 271 g/mol. The number of pyridine rings is 1. The van der Waals surface area contributed by atoms with Crippen LogP contribution in [0.5, 0.6) is 5.88 Å². The Balaban J connectivity index is 1.89. The fourth-order valence-corrected chi connectivity index (χ4v) is 2.68. The van der Waals surface area contributed by atoms with Crippen LogP contribution in [0, 0.1) is 0 Å². The minimum atomic E-state index is 0.259. The zero-order valence-corrected chi connectivity index (χ0v) is 11.9. The minimum Gasteiger partial charge on any atom is -0.474 e. The lowest BCUT2D eigenvalue weighted by Crippen LogP contribution is -2.35. The SMILES string of the molecule is CN1CCC(Oc2nc(CN)cc3ccccc23)CC1. The largest absolute Gasteiger partial charge is 0.474 e. The molecule has 1 aromatic heterocycles. The summed E-state index contributed by atoms with van der Waals surface area (Å²) in [5, 5.41) is 2.22. The molecule has 2 aromatic rings. The second-order valence-corrected chi connectivity index (χ2v) is 5.46. The monoisotopic (exact) mass is 271 g/mol. The van der Waals surface area contributed by atoms with Gasteiger partial charge in [0.05, 0.1) is 5.69 Å². The van der Waals surface area contributed by atoms with Gasteiger partial charge in [-0.05, 0) is 37.4 Å². The lowest BCUT2D eigenvalue weighted by Gasteiger charge is -2.29. The number of nitrogens with two attached hydrogens (primary N) is 1. The summed E-state index contributed by atoms with van der Waals surface area (Å²) in [6, 6.07) is 10.2. The predicted molar refractivity (Wildman–Crippen MR) is 80.8 cm³/mol. The van der Waals surface area contributed by atoms with E-state index in [0.717, 1.165) is 48.3 Å². The van der Waals surface area contributed by atoms with E-state index in [-0.39, 0.29) is 6.10 Å². The maximum absolute atomic E-state index is 6.17. The Kier molecular flexibility index (Phi) is 3.85. The smallest absolute Gasteiger partial charge is 0.221 e. The van der Waals surface area contributed by atoms with Crippen molar-refractivity contribution in [2.45, 2.75) is 25.5 Å². The Hall–Kier alpha value is -1.65. The first-order valence-electron chi connectivity index (χ1n) is 7.20. The zero-order chi connectivity index (χ0) is 13.9. The molecule has 1 aromatic carbocycles. The number of likely N-dealkylation sites (tertiary alicyclic amines) is 1. The fourth-order valence-electron chi connectivity index (χ4n) is 2.68. The highest BCUT2D eigenvalue weighted by atomic mass is 16.5. The maximum Gasteiger partial charge on any atom is 0.221 e. The highest BCUT2D eigenvalue weighted by Crippen LogP contribution is 2.27. The number of nitrogens with zero attached hydrogens (tertiary/aromatic N) is 2. The second-order valence-electron chi connectivity index (χ2n) is 5.46. The summed E-state index contributed by atoms with van der Waals surface area (Å²) >= 11 is 0. The van der Waals surface area contributed by atoms with Gasteiger partial charge in [0.1, 0.15) is 6.10 Å². The third kappa shape index (κ3) is 2.76. The van der Waals surface area contributed by atoms with E-state index in [4.69, 9.17) is 10.5 Å². The van der Waals surface area contributed by atoms with Crippen molar-refractivity contribution >= 4 is 10.8 Å². The van der Waals surface area contributed by atoms with Crippen molar-refractivity contribution in [3.63, 3.8) is 0 Å². The standard InChI is InChI=1S/C16H21N3O/c1-19-8-6-14(7-9-19)20-16-15-5-3-2-4-12(15)10-13(11-17)18-16/h2-5,10,14H,6-9,11,17H2,1H3. The van der Waals surface area contributed by atoms with E-state index in [9.17, 15) is 0 Å². The molecule has 1 saturated heterocycles. The molecule has 20 heavy (non-hydrogen) atoms. The van der Waals surface area contributed by atoms with E-state index in [2.05, 4.69) is 29.1 Å². The first-order chi connectivity index (χ1) is 9.76. The van der Waals surface area contributed by atoms with Crippen molar-refractivity contribution < 1.29 is 4.74 Å². The quantitative estimate of drug-likeness (QED) is 0.929. The van der Waals surface area contributed by atoms with Gasteiger partial charge in [-0.2, -0.15) is 0 Å². The number of hydrogen-bond acceptors (Lipinski definition) is 4. The summed E-state index contributed by atoms with van der Waals surface area (Å²) in [6.45, 7) is 2.60. The average Bonchev–Trinajstić information content (AvgIpc) is 2.49. The zero-order valence-electron chi connectivity index (χ0n) is 11.9. The van der Waals surface area contributed by atoms with Crippen molar-refractivity contribution in [1.29, 1.82) is 0 Å². The molecule has 0 amide bonds. The van der Waals surface area contributed by atoms with Gasteiger partial charge in [-0.25, -0.2) is 4.98 Å². The number of hydrogen-bond donors (Lipinski definition) is 1. The van der Waals surface area contributed by atoms with E-state index in [1.165, 1.54) is 0 Å². The van der Waals surface area contributed by atoms with Crippen molar-refractivity contribution in [2.75, 3.05) is 20.1 Å². The van der Waals surface area contributed by atoms with Gasteiger partial charge in [-0.1, -0.05) is 18.2 Å². The van der Waals surface area contributed by atoms with Gasteiger partial charge in [0.15, 0.2) is 0 Å². The molecule has 1 fully saturated rings. The Labute approximate surface area is 119 Å². The van der Waals surface area contributed by atoms with Gasteiger partial charge in [0, 0.05) is 25.0 Å². The fraction of sp³-hybridized carbons (Fsp3) is 0.438. The number of ether oxygens (including phenoxy) is 1. The molecular weight excluding hydrogens is 250 g/mol. The third-order valence-electron chi connectivity index (χ3n) is 3.91. The van der Waals surface area contributed by atoms with Gasteiger partial charge in [-0.15, -0.1) is 0 Å². The first-order valence-corrected chi connectivity index (χ1v) is 7.20. The van der Waals surface area contributed by atoms with Gasteiger partial charge < -0.3 is 15.4 Å². The predicted octanol–water partition coefficient (Wildman–Crippen LogP) is 2.17. The van der Waals surface area contributed by atoms with E-state index >= 15 is 0 Å². The summed E-state index contributed by atoms with van der Waals surface area (Å²) < 4.78 is 6.17. The van der Waals surface area contributed by atoms with Crippen LogP contribution in [0.4, 0.5) is 0 Å². The highest BCUT2D eigenvalue weighted by molar-refractivity contribution is 5.87. The number of piperidine rings is 1. The van der Waals surface area contributed by atoms with Crippen LogP contribution in [0.3, 0.4) is 0 Å². The number of benzene rings is 1. The molecule has 4 nitrogen and oxygen atoms in total. The normalized spacial score (nSPS) is 17.5. The Bertz CT molecular complexity index is 591. The van der Waals surface area contributed by atoms with Crippen LogP contribution in [0.2, 0.25) is 0 Å². The summed E-state index contributed by atoms with van der Waals surface area (Å²) in [4.78, 5) is 6.91. The molecule has 4 heteroatoms. The molecule has 0 saturated carbocycles. The van der Waals surface area contributed by atoms with Crippen molar-refractivity contribution in [2.24, 2.45) is 5.73 Å². The Morgan fingerprint density at radius 2 is 2.05 bits per heavy atom. The van der Waals surface area contributed by atoms with Crippen LogP contribution in [0.15, 0.2) is 30.3 Å². The lowest BCUT2D eigenvalue weighted by molar-refractivity contribution is 0.111. The highest BCUT2D eigenvalue weighted by Gasteiger charge is 2.19. The van der Waals surface area contributed by atoms with Gasteiger partial charge in [0.25, 0.3) is 0 Å². The minimum absolute atomic E-state index is 0.259. The van der Waals surface area contributed by atoms with E-state index in [1.807, 2.05) is 18.2 Å². The molecule has 106 valence electrons. The van der Waals surface area contributed by atoms with Gasteiger partial charge >= 0.3 is 0 Å².